The first kappa shape index (κ1) is 40.5. The van der Waals surface area contributed by atoms with Crippen LogP contribution in [0.2, 0.25) is 0 Å². The predicted octanol–water partition coefficient (Wildman–Crippen LogP) is 9.67. The quantitative estimate of drug-likeness (QED) is 0.0455. The van der Waals surface area contributed by atoms with Gasteiger partial charge in [-0.25, -0.2) is 0 Å². The third-order valence-corrected chi connectivity index (χ3v) is 8.81. The Bertz CT molecular complexity index is 554. The zero-order valence-corrected chi connectivity index (χ0v) is 27.7. The van der Waals surface area contributed by atoms with Gasteiger partial charge in [0, 0.05) is 12.8 Å². The van der Waals surface area contributed by atoms with E-state index in [2.05, 4.69) is 13.8 Å². The molecule has 41 heavy (non-hydrogen) atoms. The van der Waals surface area contributed by atoms with Crippen molar-refractivity contribution >= 4 is 5.78 Å². The van der Waals surface area contributed by atoms with Gasteiger partial charge in [-0.1, -0.05) is 181 Å². The van der Waals surface area contributed by atoms with Crippen molar-refractivity contribution in [1.82, 2.24) is 0 Å². The maximum Gasteiger partial charge on any atom is 0.179 e. The molecular formula is C36H73NO4. The van der Waals surface area contributed by atoms with Crippen LogP contribution in [0.1, 0.15) is 206 Å². The number of hydrogen-bond donors (Lipinski definition) is 4. The molecule has 0 bridgehead atoms. The number of nitrogens with two attached hydrogens (primary N) is 1. The molecule has 3 unspecified atom stereocenters. The van der Waals surface area contributed by atoms with E-state index in [9.17, 15) is 20.1 Å². The van der Waals surface area contributed by atoms with E-state index in [-0.39, 0.29) is 12.8 Å². The average Bonchev–Trinajstić information content (AvgIpc) is 2.95. The van der Waals surface area contributed by atoms with E-state index in [4.69, 9.17) is 5.73 Å². The lowest BCUT2D eigenvalue weighted by Gasteiger charge is -2.27. The largest absolute Gasteiger partial charge is 0.390 e. The summed E-state index contributed by atoms with van der Waals surface area (Å²) in [5, 5.41) is 31.1. The van der Waals surface area contributed by atoms with Gasteiger partial charge >= 0.3 is 0 Å². The van der Waals surface area contributed by atoms with Crippen molar-refractivity contribution in [2.45, 2.75) is 224 Å². The second-order valence-electron chi connectivity index (χ2n) is 13.1. The smallest absolute Gasteiger partial charge is 0.179 e. The zero-order valence-electron chi connectivity index (χ0n) is 27.7. The van der Waals surface area contributed by atoms with E-state index in [0.717, 1.165) is 32.1 Å². The SMILES string of the molecule is CCCCCCCCCCCCCCCCCC(=O)C(N)(O)CC(O)C(O)CCCCCCCCCCCCCC. The van der Waals surface area contributed by atoms with Crippen LogP contribution in [-0.4, -0.2) is 39.0 Å². The van der Waals surface area contributed by atoms with Gasteiger partial charge in [0.15, 0.2) is 11.5 Å². The Balaban J connectivity index is 3.68. The molecule has 246 valence electrons. The Morgan fingerprint density at radius 2 is 0.805 bits per heavy atom. The van der Waals surface area contributed by atoms with Crippen LogP contribution in [0, 0.1) is 0 Å². The van der Waals surface area contributed by atoms with Crippen molar-refractivity contribution in [3.63, 3.8) is 0 Å². The van der Waals surface area contributed by atoms with E-state index < -0.39 is 23.7 Å². The van der Waals surface area contributed by atoms with Crippen LogP contribution < -0.4 is 5.73 Å². The highest BCUT2D eigenvalue weighted by atomic mass is 16.3. The lowest BCUT2D eigenvalue weighted by Crippen LogP contribution is -2.51. The van der Waals surface area contributed by atoms with Gasteiger partial charge in [0.05, 0.1) is 12.2 Å². The molecule has 0 fully saturated rings. The van der Waals surface area contributed by atoms with Crippen molar-refractivity contribution < 1.29 is 20.1 Å². The van der Waals surface area contributed by atoms with E-state index in [0.29, 0.717) is 12.8 Å². The van der Waals surface area contributed by atoms with Crippen LogP contribution in [-0.2, 0) is 4.79 Å². The Hall–Kier alpha value is -0.490. The molecule has 0 aliphatic carbocycles. The number of hydrogen-bond acceptors (Lipinski definition) is 5. The summed E-state index contributed by atoms with van der Waals surface area (Å²) in [6, 6.07) is 0. The summed E-state index contributed by atoms with van der Waals surface area (Å²) < 4.78 is 0. The van der Waals surface area contributed by atoms with Gasteiger partial charge in [-0.15, -0.1) is 0 Å². The molecule has 0 aromatic rings. The van der Waals surface area contributed by atoms with Crippen LogP contribution in [0.3, 0.4) is 0 Å². The number of aliphatic hydroxyl groups is 3. The topological polar surface area (TPSA) is 104 Å². The summed E-state index contributed by atoms with van der Waals surface area (Å²) in [6.07, 6.45) is 32.1. The summed E-state index contributed by atoms with van der Waals surface area (Å²) in [5.74, 6) is -0.427. The normalized spacial score (nSPS) is 14.7. The summed E-state index contributed by atoms with van der Waals surface area (Å²) >= 11 is 0. The number of carbonyl (C=O) groups is 1. The first-order chi connectivity index (χ1) is 19.8. The molecule has 0 aromatic heterocycles. The van der Waals surface area contributed by atoms with Crippen molar-refractivity contribution in [3.8, 4) is 0 Å². The van der Waals surface area contributed by atoms with Crippen LogP contribution in [0.25, 0.3) is 0 Å². The molecule has 0 aromatic carbocycles. The van der Waals surface area contributed by atoms with Gasteiger partial charge in [0.2, 0.25) is 0 Å². The molecule has 5 nitrogen and oxygen atoms in total. The van der Waals surface area contributed by atoms with Crippen LogP contribution in [0.5, 0.6) is 0 Å². The standard InChI is InChI=1S/C36H73NO4/c1-3-5-7-9-11-13-15-17-18-19-21-23-25-27-29-31-35(40)36(37,41)32-34(39)33(38)30-28-26-24-22-20-16-14-12-10-8-6-4-2/h33-34,38-39,41H,3-32,37H2,1-2H3. The third-order valence-electron chi connectivity index (χ3n) is 8.81. The van der Waals surface area contributed by atoms with Crippen LogP contribution >= 0.6 is 0 Å². The molecule has 3 atom stereocenters. The highest BCUT2D eigenvalue weighted by Crippen LogP contribution is 2.19. The Kier molecular flexibility index (Phi) is 29.2. The Morgan fingerprint density at radius 3 is 1.15 bits per heavy atom. The van der Waals surface area contributed by atoms with Crippen molar-refractivity contribution in [2.75, 3.05) is 0 Å². The molecule has 5 heteroatoms. The van der Waals surface area contributed by atoms with E-state index >= 15 is 0 Å². The minimum absolute atomic E-state index is 0.229. The molecule has 5 N–H and O–H groups in total. The van der Waals surface area contributed by atoms with Crippen LogP contribution in [0.15, 0.2) is 0 Å². The molecular weight excluding hydrogens is 510 g/mol. The van der Waals surface area contributed by atoms with Gasteiger partial charge in [0.1, 0.15) is 0 Å². The molecule has 0 aliphatic rings. The predicted molar refractivity (Wildman–Crippen MR) is 176 cm³/mol. The summed E-state index contributed by atoms with van der Waals surface area (Å²) in [7, 11) is 0. The number of Topliss-reactive ketones (excluding diaryl/α,β-unsaturated/α-hetero) is 1. The van der Waals surface area contributed by atoms with E-state index in [1.807, 2.05) is 0 Å². The highest BCUT2D eigenvalue weighted by Gasteiger charge is 2.34. The third kappa shape index (κ3) is 26.8. The minimum Gasteiger partial charge on any atom is -0.390 e. The zero-order chi connectivity index (χ0) is 30.4. The number of rotatable bonds is 33. The molecule has 0 heterocycles. The number of aliphatic hydroxyl groups excluding tert-OH is 2. The molecule has 0 saturated carbocycles. The van der Waals surface area contributed by atoms with Crippen LogP contribution in [0.4, 0.5) is 0 Å². The number of unbranched alkanes of at least 4 members (excludes halogenated alkanes) is 25. The molecule has 0 rings (SSSR count). The van der Waals surface area contributed by atoms with Gasteiger partial charge in [-0.3, -0.25) is 10.5 Å². The van der Waals surface area contributed by atoms with Gasteiger partial charge in [-0.05, 0) is 12.8 Å². The molecule has 0 amide bonds. The summed E-state index contributed by atoms with van der Waals surface area (Å²) in [4.78, 5) is 12.5. The second-order valence-corrected chi connectivity index (χ2v) is 13.1. The lowest BCUT2D eigenvalue weighted by atomic mass is 9.93. The lowest BCUT2D eigenvalue weighted by molar-refractivity contribution is -0.142. The first-order valence-corrected chi connectivity index (χ1v) is 18.3. The van der Waals surface area contributed by atoms with E-state index in [1.165, 1.54) is 135 Å². The Morgan fingerprint density at radius 1 is 0.512 bits per heavy atom. The monoisotopic (exact) mass is 584 g/mol. The van der Waals surface area contributed by atoms with Gasteiger partial charge in [0.25, 0.3) is 0 Å². The molecule has 0 spiro atoms. The molecule has 0 saturated heterocycles. The van der Waals surface area contributed by atoms with Gasteiger partial charge in [-0.2, -0.15) is 0 Å². The summed E-state index contributed by atoms with van der Waals surface area (Å²) in [5.41, 5.74) is 3.80. The van der Waals surface area contributed by atoms with Gasteiger partial charge < -0.3 is 15.3 Å². The fourth-order valence-electron chi connectivity index (χ4n) is 5.83. The fraction of sp³-hybridized carbons (Fsp3) is 0.972. The maximum absolute atomic E-state index is 12.5. The van der Waals surface area contributed by atoms with Crippen molar-refractivity contribution in [2.24, 2.45) is 5.73 Å². The van der Waals surface area contributed by atoms with Crippen molar-refractivity contribution in [1.29, 1.82) is 0 Å². The highest BCUT2D eigenvalue weighted by molar-refractivity contribution is 5.86. The number of carbonyl (C=O) groups excluding carboxylic acids is 1. The summed E-state index contributed by atoms with van der Waals surface area (Å²) in [6.45, 7) is 4.52. The Labute approximate surface area is 255 Å². The maximum atomic E-state index is 12.5. The molecule has 0 radical (unpaired) electrons. The number of ketones is 1. The van der Waals surface area contributed by atoms with Crippen molar-refractivity contribution in [3.05, 3.63) is 0 Å². The molecule has 0 aliphatic heterocycles. The fourth-order valence-corrected chi connectivity index (χ4v) is 5.83. The van der Waals surface area contributed by atoms with E-state index in [1.54, 1.807) is 0 Å². The second kappa shape index (κ2) is 29.6. The average molecular weight is 584 g/mol. The minimum atomic E-state index is -2.06. The first-order valence-electron chi connectivity index (χ1n) is 18.3.